The Morgan fingerprint density at radius 1 is 1.18 bits per heavy atom. The van der Waals surface area contributed by atoms with Gasteiger partial charge in [0.2, 0.25) is 5.91 Å². The first-order valence-electron chi connectivity index (χ1n) is 8.81. The van der Waals surface area contributed by atoms with Crippen LogP contribution >= 0.6 is 0 Å². The van der Waals surface area contributed by atoms with Crippen LogP contribution in [0.4, 0.5) is 11.4 Å². The number of nitrogens with zero attached hydrogens (tertiary/aromatic N) is 1. The second-order valence-electron chi connectivity index (χ2n) is 6.17. The first-order chi connectivity index (χ1) is 13.4. The number of esters is 1. The summed E-state index contributed by atoms with van der Waals surface area (Å²) in [6.07, 6.45) is -1.12. The zero-order chi connectivity index (χ0) is 20.3. The van der Waals surface area contributed by atoms with Crippen LogP contribution < -0.4 is 10.2 Å². The number of rotatable bonds is 5. The van der Waals surface area contributed by atoms with E-state index in [4.69, 9.17) is 4.74 Å². The van der Waals surface area contributed by atoms with Crippen LogP contribution in [0, 0.1) is 0 Å². The van der Waals surface area contributed by atoms with Crippen LogP contribution in [0.1, 0.15) is 24.2 Å². The fraction of sp³-hybridized carbons (Fsp3) is 0.250. The van der Waals surface area contributed by atoms with E-state index in [1.807, 2.05) is 0 Å². The topological polar surface area (TPSA) is 92.8 Å². The average molecular weight is 400 g/mol. The maximum Gasteiger partial charge on any atom is 0.340 e. The Bertz CT molecular complexity index is 959. The minimum atomic E-state index is -1.34. The van der Waals surface area contributed by atoms with Gasteiger partial charge in [-0.05, 0) is 31.2 Å². The van der Waals surface area contributed by atoms with E-state index >= 15 is 0 Å². The molecule has 0 fully saturated rings. The molecule has 0 aliphatic carbocycles. The third kappa shape index (κ3) is 3.96. The summed E-state index contributed by atoms with van der Waals surface area (Å²) >= 11 is 0. The molecule has 1 heterocycles. The molecule has 1 N–H and O–H groups in total. The second-order valence-corrected chi connectivity index (χ2v) is 7.88. The fourth-order valence-electron chi connectivity index (χ4n) is 2.91. The van der Waals surface area contributed by atoms with E-state index in [1.54, 1.807) is 49.4 Å². The highest BCUT2D eigenvalue weighted by Gasteiger charge is 2.32. The highest BCUT2D eigenvalue weighted by atomic mass is 32.2. The number of nitrogens with one attached hydrogen (secondary N) is 1. The molecule has 0 aromatic heterocycles. The lowest BCUT2D eigenvalue weighted by Gasteiger charge is -2.30. The number of ether oxygens (including phenoxy) is 1. The van der Waals surface area contributed by atoms with Crippen molar-refractivity contribution in [1.29, 1.82) is 0 Å². The Morgan fingerprint density at radius 3 is 2.61 bits per heavy atom. The molecule has 3 rings (SSSR count). The van der Waals surface area contributed by atoms with Crippen LogP contribution in [-0.2, 0) is 25.1 Å². The molecule has 2 atom stereocenters. The van der Waals surface area contributed by atoms with Gasteiger partial charge in [-0.25, -0.2) is 4.79 Å². The number of benzene rings is 2. The predicted octanol–water partition coefficient (Wildman–Crippen LogP) is 2.34. The minimum Gasteiger partial charge on any atom is -0.449 e. The maximum atomic E-state index is 12.9. The van der Waals surface area contributed by atoms with Gasteiger partial charge < -0.3 is 10.1 Å². The Hall–Kier alpha value is -3.00. The van der Waals surface area contributed by atoms with Crippen molar-refractivity contribution >= 4 is 40.0 Å². The molecular weight excluding hydrogens is 380 g/mol. The van der Waals surface area contributed by atoms with Gasteiger partial charge in [0.05, 0.1) is 32.6 Å². The molecular formula is C20H20N2O5S. The summed E-state index contributed by atoms with van der Waals surface area (Å²) in [5, 5.41) is 2.70. The van der Waals surface area contributed by atoms with Crippen molar-refractivity contribution < 1.29 is 23.3 Å². The lowest BCUT2D eigenvalue weighted by atomic mass is 10.1. The normalized spacial score (nSPS) is 15.2. The molecule has 1 aliphatic rings. The molecule has 7 nitrogen and oxygen atoms in total. The monoisotopic (exact) mass is 400 g/mol. The van der Waals surface area contributed by atoms with Gasteiger partial charge >= 0.3 is 5.97 Å². The Morgan fingerprint density at radius 2 is 1.86 bits per heavy atom. The summed E-state index contributed by atoms with van der Waals surface area (Å²) < 4.78 is 17.5. The number of anilines is 2. The molecule has 1 aliphatic heterocycles. The van der Waals surface area contributed by atoms with Gasteiger partial charge in [-0.1, -0.05) is 31.2 Å². The quantitative estimate of drug-likeness (QED) is 0.778. The molecule has 0 unspecified atom stereocenters. The third-order valence-corrected chi connectivity index (χ3v) is 5.65. The Labute approximate surface area is 165 Å². The van der Waals surface area contributed by atoms with Crippen LogP contribution in [0.5, 0.6) is 0 Å². The number of amides is 2. The van der Waals surface area contributed by atoms with Gasteiger partial charge in [-0.3, -0.25) is 18.7 Å². The molecule has 0 spiro atoms. The standard InChI is InChI=1S/C20H20N2O5S/c1-3-28(26)17-11-7-4-8-14(17)20(25)27-13(2)19(24)22-12-18(23)21-15-9-5-6-10-16(15)22/h4-11,13H,3,12H2,1-2H3,(H,21,23)/t13-,28-/m0/s1. The van der Waals surface area contributed by atoms with E-state index in [9.17, 15) is 18.6 Å². The SMILES string of the molecule is CC[S@](=O)c1ccccc1C(=O)O[C@@H](C)C(=O)N1CC(=O)Nc2ccccc21. The molecule has 2 aromatic carbocycles. The number of hydrogen-bond donors (Lipinski definition) is 1. The highest BCUT2D eigenvalue weighted by molar-refractivity contribution is 7.85. The van der Waals surface area contributed by atoms with Gasteiger partial charge in [-0.15, -0.1) is 0 Å². The summed E-state index contributed by atoms with van der Waals surface area (Å²) in [5.41, 5.74) is 1.23. The maximum absolute atomic E-state index is 12.9. The van der Waals surface area contributed by atoms with Crippen LogP contribution in [0.3, 0.4) is 0 Å². The summed E-state index contributed by atoms with van der Waals surface area (Å²) in [5.74, 6) is -1.20. The van der Waals surface area contributed by atoms with Gasteiger partial charge in [0, 0.05) is 5.75 Å². The highest BCUT2D eigenvalue weighted by Crippen LogP contribution is 2.29. The third-order valence-electron chi connectivity index (χ3n) is 4.28. The number of para-hydroxylation sites is 2. The molecule has 28 heavy (non-hydrogen) atoms. The van der Waals surface area contributed by atoms with E-state index < -0.39 is 28.8 Å². The van der Waals surface area contributed by atoms with Crippen molar-refractivity contribution in [3.05, 3.63) is 54.1 Å². The summed E-state index contributed by atoms with van der Waals surface area (Å²) in [6.45, 7) is 3.05. The lowest BCUT2D eigenvalue weighted by Crippen LogP contribution is -2.47. The van der Waals surface area contributed by atoms with E-state index in [0.29, 0.717) is 22.0 Å². The predicted molar refractivity (Wildman–Crippen MR) is 106 cm³/mol. The van der Waals surface area contributed by atoms with Crippen molar-refractivity contribution in [2.45, 2.75) is 24.8 Å². The summed E-state index contributed by atoms with van der Waals surface area (Å²) in [6, 6.07) is 13.4. The van der Waals surface area contributed by atoms with Gasteiger partial charge in [0.15, 0.2) is 6.10 Å². The van der Waals surface area contributed by atoms with E-state index in [1.165, 1.54) is 17.9 Å². The fourth-order valence-corrected chi connectivity index (χ4v) is 3.85. The lowest BCUT2D eigenvalue weighted by molar-refractivity contribution is -0.128. The Balaban J connectivity index is 1.80. The van der Waals surface area contributed by atoms with Crippen molar-refractivity contribution in [3.63, 3.8) is 0 Å². The van der Waals surface area contributed by atoms with Crippen molar-refractivity contribution in [1.82, 2.24) is 0 Å². The van der Waals surface area contributed by atoms with E-state index in [0.717, 1.165) is 0 Å². The Kier molecular flexibility index (Phi) is 5.89. The van der Waals surface area contributed by atoms with Crippen molar-refractivity contribution in [2.75, 3.05) is 22.5 Å². The first kappa shape index (κ1) is 19.8. The molecule has 0 bridgehead atoms. The second kappa shape index (κ2) is 8.35. The minimum absolute atomic E-state index is 0.159. The van der Waals surface area contributed by atoms with Gasteiger partial charge in [0.1, 0.15) is 6.54 Å². The molecule has 146 valence electrons. The largest absolute Gasteiger partial charge is 0.449 e. The van der Waals surface area contributed by atoms with Crippen LogP contribution in [0.2, 0.25) is 0 Å². The molecule has 0 saturated heterocycles. The van der Waals surface area contributed by atoms with Crippen LogP contribution in [0.25, 0.3) is 0 Å². The molecule has 2 aromatic rings. The number of carbonyl (C=O) groups excluding carboxylic acids is 3. The average Bonchev–Trinajstić information content (AvgIpc) is 2.71. The van der Waals surface area contributed by atoms with E-state index in [2.05, 4.69) is 5.32 Å². The summed E-state index contributed by atoms with van der Waals surface area (Å²) in [4.78, 5) is 39.0. The number of carbonyl (C=O) groups is 3. The molecule has 0 radical (unpaired) electrons. The summed E-state index contributed by atoms with van der Waals surface area (Å²) in [7, 11) is -1.34. The van der Waals surface area contributed by atoms with Crippen molar-refractivity contribution in [2.24, 2.45) is 0 Å². The van der Waals surface area contributed by atoms with Gasteiger partial charge in [0.25, 0.3) is 5.91 Å². The van der Waals surface area contributed by atoms with E-state index in [-0.39, 0.29) is 18.0 Å². The molecule has 8 heteroatoms. The number of hydrogen-bond acceptors (Lipinski definition) is 5. The van der Waals surface area contributed by atoms with Crippen molar-refractivity contribution in [3.8, 4) is 0 Å². The zero-order valence-electron chi connectivity index (χ0n) is 15.5. The number of fused-ring (bicyclic) bond motifs is 1. The first-order valence-corrected chi connectivity index (χ1v) is 10.1. The zero-order valence-corrected chi connectivity index (χ0v) is 16.3. The van der Waals surface area contributed by atoms with Crippen LogP contribution in [0.15, 0.2) is 53.4 Å². The molecule has 2 amide bonds. The van der Waals surface area contributed by atoms with Gasteiger partial charge in [-0.2, -0.15) is 0 Å². The molecule has 0 saturated carbocycles. The smallest absolute Gasteiger partial charge is 0.340 e. The van der Waals surface area contributed by atoms with Crippen LogP contribution in [-0.4, -0.2) is 40.4 Å².